The minimum atomic E-state index is -0.171. The predicted octanol–water partition coefficient (Wildman–Crippen LogP) is 1.55. The standard InChI is InChI=1S/C10H16ClN5O/c1-6-10(2,4-5-17-6)16-9-14-7(11)13-8(12-3)15-9/h6H,4-5H2,1-3H3,(H2,12,13,14,15,16). The Morgan fingerprint density at radius 2 is 2.06 bits per heavy atom. The van der Waals surface area contributed by atoms with Crippen molar-refractivity contribution < 1.29 is 4.74 Å². The Balaban J connectivity index is 2.20. The van der Waals surface area contributed by atoms with Crippen molar-refractivity contribution in [3.63, 3.8) is 0 Å². The van der Waals surface area contributed by atoms with Gasteiger partial charge in [0.2, 0.25) is 17.2 Å². The molecular formula is C10H16ClN5O. The van der Waals surface area contributed by atoms with E-state index in [1.807, 2.05) is 6.92 Å². The molecule has 1 saturated heterocycles. The fourth-order valence-electron chi connectivity index (χ4n) is 1.77. The van der Waals surface area contributed by atoms with Gasteiger partial charge in [-0.2, -0.15) is 15.0 Å². The van der Waals surface area contributed by atoms with Crippen molar-refractivity contribution in [3.8, 4) is 0 Å². The maximum absolute atomic E-state index is 5.82. The maximum atomic E-state index is 5.82. The number of anilines is 2. The molecule has 0 spiro atoms. The normalized spacial score (nSPS) is 28.1. The van der Waals surface area contributed by atoms with Gasteiger partial charge in [-0.1, -0.05) is 0 Å². The third kappa shape index (κ3) is 2.58. The van der Waals surface area contributed by atoms with E-state index in [4.69, 9.17) is 16.3 Å². The van der Waals surface area contributed by atoms with Gasteiger partial charge in [0.05, 0.1) is 11.6 Å². The second-order valence-electron chi connectivity index (χ2n) is 4.31. The van der Waals surface area contributed by atoms with Gasteiger partial charge in [-0.15, -0.1) is 0 Å². The van der Waals surface area contributed by atoms with Crippen LogP contribution in [0, 0.1) is 0 Å². The van der Waals surface area contributed by atoms with Gasteiger partial charge < -0.3 is 15.4 Å². The Morgan fingerprint density at radius 1 is 1.35 bits per heavy atom. The summed E-state index contributed by atoms with van der Waals surface area (Å²) in [6, 6.07) is 0. The van der Waals surface area contributed by atoms with Gasteiger partial charge in [0, 0.05) is 13.7 Å². The van der Waals surface area contributed by atoms with E-state index in [-0.39, 0.29) is 16.9 Å². The average Bonchev–Trinajstić information content (AvgIpc) is 2.58. The van der Waals surface area contributed by atoms with Crippen molar-refractivity contribution in [2.45, 2.75) is 31.9 Å². The monoisotopic (exact) mass is 257 g/mol. The predicted molar refractivity (Wildman–Crippen MR) is 66.4 cm³/mol. The van der Waals surface area contributed by atoms with E-state index in [1.165, 1.54) is 0 Å². The molecule has 1 aromatic heterocycles. The van der Waals surface area contributed by atoms with Crippen LogP contribution in [0.1, 0.15) is 20.3 Å². The molecule has 2 heterocycles. The summed E-state index contributed by atoms with van der Waals surface area (Å²) < 4.78 is 5.55. The maximum Gasteiger partial charge on any atom is 0.229 e. The van der Waals surface area contributed by atoms with Crippen LogP contribution in [0.3, 0.4) is 0 Å². The highest BCUT2D eigenvalue weighted by Crippen LogP contribution is 2.28. The smallest absolute Gasteiger partial charge is 0.229 e. The molecule has 7 heteroatoms. The van der Waals surface area contributed by atoms with Gasteiger partial charge in [0.15, 0.2) is 0 Å². The van der Waals surface area contributed by atoms with Crippen molar-refractivity contribution in [1.29, 1.82) is 0 Å². The number of hydrogen-bond acceptors (Lipinski definition) is 6. The number of nitrogens with zero attached hydrogens (tertiary/aromatic N) is 3. The van der Waals surface area contributed by atoms with E-state index in [2.05, 4.69) is 32.5 Å². The topological polar surface area (TPSA) is 72.0 Å². The van der Waals surface area contributed by atoms with Crippen LogP contribution in [-0.4, -0.2) is 40.2 Å². The van der Waals surface area contributed by atoms with Crippen molar-refractivity contribution in [2.75, 3.05) is 24.3 Å². The van der Waals surface area contributed by atoms with Crippen LogP contribution in [0.5, 0.6) is 0 Å². The highest BCUT2D eigenvalue weighted by Gasteiger charge is 2.37. The second-order valence-corrected chi connectivity index (χ2v) is 4.65. The third-order valence-corrected chi connectivity index (χ3v) is 3.28. The van der Waals surface area contributed by atoms with Crippen molar-refractivity contribution in [3.05, 3.63) is 5.28 Å². The molecule has 2 unspecified atom stereocenters. The summed E-state index contributed by atoms with van der Waals surface area (Å²) >= 11 is 5.82. The number of halogens is 1. The molecule has 1 aromatic rings. The van der Waals surface area contributed by atoms with E-state index < -0.39 is 0 Å². The average molecular weight is 258 g/mol. The quantitative estimate of drug-likeness (QED) is 0.856. The largest absolute Gasteiger partial charge is 0.376 e. The molecule has 17 heavy (non-hydrogen) atoms. The number of aromatic nitrogens is 3. The lowest BCUT2D eigenvalue weighted by Crippen LogP contribution is -2.41. The number of ether oxygens (including phenoxy) is 1. The fourth-order valence-corrected chi connectivity index (χ4v) is 1.93. The van der Waals surface area contributed by atoms with Gasteiger partial charge in [0.1, 0.15) is 0 Å². The zero-order valence-corrected chi connectivity index (χ0v) is 10.9. The van der Waals surface area contributed by atoms with Crippen molar-refractivity contribution in [2.24, 2.45) is 0 Å². The van der Waals surface area contributed by atoms with Gasteiger partial charge in [0.25, 0.3) is 0 Å². The summed E-state index contributed by atoms with van der Waals surface area (Å²) in [6.07, 6.45) is 1.02. The van der Waals surface area contributed by atoms with E-state index in [1.54, 1.807) is 7.05 Å². The molecule has 2 rings (SSSR count). The molecule has 6 nitrogen and oxygen atoms in total. The molecular weight excluding hydrogens is 242 g/mol. The molecule has 0 bridgehead atoms. The summed E-state index contributed by atoms with van der Waals surface area (Å²) in [5.41, 5.74) is -0.171. The minimum Gasteiger partial charge on any atom is -0.376 e. The lowest BCUT2D eigenvalue weighted by molar-refractivity contribution is 0.105. The molecule has 1 fully saturated rings. The van der Waals surface area contributed by atoms with Crippen LogP contribution >= 0.6 is 11.6 Å². The van der Waals surface area contributed by atoms with Crippen LogP contribution in [0.2, 0.25) is 5.28 Å². The van der Waals surface area contributed by atoms with Gasteiger partial charge >= 0.3 is 0 Å². The van der Waals surface area contributed by atoms with E-state index in [0.29, 0.717) is 11.9 Å². The highest BCUT2D eigenvalue weighted by atomic mass is 35.5. The molecule has 2 N–H and O–H groups in total. The first kappa shape index (κ1) is 12.3. The first-order chi connectivity index (χ1) is 8.03. The number of nitrogens with one attached hydrogen (secondary N) is 2. The van der Waals surface area contributed by atoms with Gasteiger partial charge in [-0.25, -0.2) is 0 Å². The number of hydrogen-bond donors (Lipinski definition) is 2. The SMILES string of the molecule is CNc1nc(Cl)nc(NC2(C)CCOC2C)n1. The summed E-state index contributed by atoms with van der Waals surface area (Å²) in [7, 11) is 1.73. The summed E-state index contributed by atoms with van der Waals surface area (Å²) in [5.74, 6) is 0.914. The summed E-state index contributed by atoms with van der Waals surface area (Å²) in [5, 5.41) is 6.28. The van der Waals surface area contributed by atoms with Crippen LogP contribution in [0.4, 0.5) is 11.9 Å². The molecule has 0 aromatic carbocycles. The molecule has 0 amide bonds. The van der Waals surface area contributed by atoms with Crippen molar-refractivity contribution >= 4 is 23.5 Å². The summed E-state index contributed by atoms with van der Waals surface area (Å²) in [4.78, 5) is 12.2. The first-order valence-corrected chi connectivity index (χ1v) is 5.90. The lowest BCUT2D eigenvalue weighted by Gasteiger charge is -2.28. The Hall–Kier alpha value is -1.14. The zero-order valence-electron chi connectivity index (χ0n) is 10.1. The molecule has 0 saturated carbocycles. The van der Waals surface area contributed by atoms with E-state index in [0.717, 1.165) is 13.0 Å². The van der Waals surface area contributed by atoms with Gasteiger partial charge in [-0.3, -0.25) is 0 Å². The van der Waals surface area contributed by atoms with Crippen LogP contribution in [0.15, 0.2) is 0 Å². The Morgan fingerprint density at radius 3 is 2.65 bits per heavy atom. The zero-order chi connectivity index (χ0) is 12.5. The van der Waals surface area contributed by atoms with E-state index >= 15 is 0 Å². The molecule has 0 aliphatic carbocycles. The third-order valence-electron chi connectivity index (χ3n) is 3.12. The minimum absolute atomic E-state index is 0.107. The van der Waals surface area contributed by atoms with Crippen LogP contribution < -0.4 is 10.6 Å². The Kier molecular flexibility index (Phi) is 3.35. The highest BCUT2D eigenvalue weighted by molar-refractivity contribution is 6.28. The molecule has 94 valence electrons. The summed E-state index contributed by atoms with van der Waals surface area (Å²) in [6.45, 7) is 4.85. The van der Waals surface area contributed by atoms with Gasteiger partial charge in [-0.05, 0) is 31.9 Å². The lowest BCUT2D eigenvalue weighted by atomic mass is 9.95. The molecule has 2 atom stereocenters. The van der Waals surface area contributed by atoms with E-state index in [9.17, 15) is 0 Å². The van der Waals surface area contributed by atoms with Crippen LogP contribution in [0.25, 0.3) is 0 Å². The Bertz CT molecular complexity index is 416. The first-order valence-electron chi connectivity index (χ1n) is 5.52. The molecule has 0 radical (unpaired) electrons. The second kappa shape index (κ2) is 4.62. The molecule has 1 aliphatic rings. The van der Waals surface area contributed by atoms with Crippen molar-refractivity contribution in [1.82, 2.24) is 15.0 Å². The number of rotatable bonds is 3. The molecule has 1 aliphatic heterocycles. The van der Waals surface area contributed by atoms with Crippen LogP contribution in [-0.2, 0) is 4.74 Å². The fraction of sp³-hybridized carbons (Fsp3) is 0.700. The Labute approximate surface area is 105 Å².